The van der Waals surface area contributed by atoms with Crippen molar-refractivity contribution >= 4 is 14.8 Å². The molecular formula is C15H30O6Si. The van der Waals surface area contributed by atoms with E-state index in [4.69, 9.17) is 22.8 Å². The van der Waals surface area contributed by atoms with Gasteiger partial charge in [0.15, 0.2) is 0 Å². The molecular weight excluding hydrogens is 304 g/mol. The van der Waals surface area contributed by atoms with Gasteiger partial charge >= 0.3 is 14.8 Å². The Labute approximate surface area is 135 Å². The summed E-state index contributed by atoms with van der Waals surface area (Å²) < 4.78 is 27.8. The Bertz CT molecular complexity index is 293. The Kier molecular flexibility index (Phi) is 12.3. The predicted molar refractivity (Wildman–Crippen MR) is 86.6 cm³/mol. The van der Waals surface area contributed by atoms with Crippen molar-refractivity contribution in [3.05, 3.63) is 12.7 Å². The highest BCUT2D eigenvalue weighted by atomic mass is 28.4. The molecule has 0 spiro atoms. The van der Waals surface area contributed by atoms with E-state index in [0.29, 0.717) is 39.1 Å². The van der Waals surface area contributed by atoms with Crippen LogP contribution in [0.3, 0.4) is 0 Å². The van der Waals surface area contributed by atoms with E-state index in [9.17, 15) is 4.79 Å². The van der Waals surface area contributed by atoms with Crippen LogP contribution in [0.25, 0.3) is 0 Å². The molecule has 0 saturated heterocycles. The maximum absolute atomic E-state index is 11.0. The minimum absolute atomic E-state index is 0.293. The first-order valence-electron chi connectivity index (χ1n) is 7.86. The highest BCUT2D eigenvalue weighted by Crippen LogP contribution is 2.18. The topological polar surface area (TPSA) is 63.2 Å². The van der Waals surface area contributed by atoms with Gasteiger partial charge in [0.05, 0.1) is 6.61 Å². The fourth-order valence-corrected chi connectivity index (χ4v) is 4.50. The number of carbonyl (C=O) groups excluding carboxylic acids is 1. The van der Waals surface area contributed by atoms with E-state index in [0.717, 1.165) is 12.5 Å². The van der Waals surface area contributed by atoms with Crippen molar-refractivity contribution < 1.29 is 27.5 Å². The molecule has 0 N–H and O–H groups in total. The molecule has 1 atom stereocenters. The van der Waals surface area contributed by atoms with E-state index >= 15 is 0 Å². The SMILES string of the molecule is C=CC(=O)OC(C)COCCC[Si](OCC)(OCC)OCC. The predicted octanol–water partition coefficient (Wildman–Crippen LogP) is 2.56. The first-order chi connectivity index (χ1) is 10.5. The average molecular weight is 334 g/mol. The number of hydrogen-bond acceptors (Lipinski definition) is 6. The maximum Gasteiger partial charge on any atom is 0.501 e. The summed E-state index contributed by atoms with van der Waals surface area (Å²) in [6.07, 6.45) is 1.62. The Morgan fingerprint density at radius 3 is 2.14 bits per heavy atom. The van der Waals surface area contributed by atoms with Crippen molar-refractivity contribution in [2.45, 2.75) is 46.3 Å². The zero-order valence-corrected chi connectivity index (χ0v) is 15.3. The molecule has 0 aromatic carbocycles. The summed E-state index contributed by atoms with van der Waals surface area (Å²) in [6.45, 7) is 13.5. The highest BCUT2D eigenvalue weighted by Gasteiger charge is 2.39. The Morgan fingerprint density at radius 2 is 1.68 bits per heavy atom. The molecule has 0 aliphatic rings. The van der Waals surface area contributed by atoms with Gasteiger partial charge < -0.3 is 22.8 Å². The normalized spacial score (nSPS) is 12.9. The first-order valence-corrected chi connectivity index (χ1v) is 9.79. The lowest BCUT2D eigenvalue weighted by Crippen LogP contribution is -2.46. The van der Waals surface area contributed by atoms with Crippen molar-refractivity contribution in [1.29, 1.82) is 0 Å². The molecule has 0 amide bonds. The van der Waals surface area contributed by atoms with Crippen LogP contribution in [0, 0.1) is 0 Å². The zero-order valence-electron chi connectivity index (χ0n) is 14.3. The molecule has 0 radical (unpaired) electrons. The van der Waals surface area contributed by atoms with Crippen LogP contribution in [0.5, 0.6) is 0 Å². The van der Waals surface area contributed by atoms with Crippen LogP contribution in [0.2, 0.25) is 6.04 Å². The molecule has 0 aromatic heterocycles. The first kappa shape index (κ1) is 21.3. The number of ether oxygens (including phenoxy) is 2. The molecule has 0 saturated carbocycles. The molecule has 0 aliphatic heterocycles. The summed E-state index contributed by atoms with van der Waals surface area (Å²) in [5, 5.41) is 0. The van der Waals surface area contributed by atoms with Gasteiger partial charge in [-0.2, -0.15) is 0 Å². The molecule has 0 rings (SSSR count). The highest BCUT2D eigenvalue weighted by molar-refractivity contribution is 6.60. The summed E-state index contributed by atoms with van der Waals surface area (Å²) in [5.74, 6) is -0.438. The molecule has 0 aliphatic carbocycles. The van der Waals surface area contributed by atoms with Gasteiger partial charge in [-0.25, -0.2) is 4.79 Å². The van der Waals surface area contributed by atoms with Gasteiger partial charge in [-0.3, -0.25) is 0 Å². The average Bonchev–Trinajstić information content (AvgIpc) is 2.47. The number of carbonyl (C=O) groups is 1. The molecule has 0 aromatic rings. The third kappa shape index (κ3) is 9.32. The van der Waals surface area contributed by atoms with Crippen LogP contribution in [-0.2, 0) is 27.5 Å². The van der Waals surface area contributed by atoms with Crippen LogP contribution in [-0.4, -0.2) is 53.9 Å². The smallest absolute Gasteiger partial charge is 0.457 e. The standard InChI is InChI=1S/C15H30O6Si/c1-6-15(16)21-14(5)13-17-11-10-12-22(18-7-2,19-8-3)20-9-4/h6,14H,1,7-13H2,2-5H3. The lowest BCUT2D eigenvalue weighted by atomic mass is 10.4. The fourth-order valence-electron chi connectivity index (χ4n) is 1.92. The van der Waals surface area contributed by atoms with Gasteiger partial charge in [-0.05, 0) is 34.1 Å². The molecule has 1 unspecified atom stereocenters. The quantitative estimate of drug-likeness (QED) is 0.211. The maximum atomic E-state index is 11.0. The Balaban J connectivity index is 4.06. The van der Waals surface area contributed by atoms with Crippen molar-refractivity contribution in [1.82, 2.24) is 0 Å². The van der Waals surface area contributed by atoms with E-state index in [1.807, 2.05) is 20.8 Å². The summed E-state index contributed by atoms with van der Waals surface area (Å²) in [4.78, 5) is 11.0. The summed E-state index contributed by atoms with van der Waals surface area (Å²) in [6, 6.07) is 0.712. The lowest BCUT2D eigenvalue weighted by molar-refractivity contribution is -0.144. The summed E-state index contributed by atoms with van der Waals surface area (Å²) in [7, 11) is -2.58. The Morgan fingerprint density at radius 1 is 1.14 bits per heavy atom. The van der Waals surface area contributed by atoms with Crippen molar-refractivity contribution in [3.8, 4) is 0 Å². The van der Waals surface area contributed by atoms with Crippen LogP contribution in [0.4, 0.5) is 0 Å². The van der Waals surface area contributed by atoms with Crippen LogP contribution >= 0.6 is 0 Å². The van der Waals surface area contributed by atoms with E-state index in [1.165, 1.54) is 0 Å². The zero-order chi connectivity index (χ0) is 16.8. The Hall–Kier alpha value is -0.733. The second-order valence-corrected chi connectivity index (χ2v) is 7.34. The summed E-state index contributed by atoms with van der Waals surface area (Å²) in [5.41, 5.74) is 0. The van der Waals surface area contributed by atoms with E-state index in [2.05, 4.69) is 6.58 Å². The number of esters is 1. The summed E-state index contributed by atoms with van der Waals surface area (Å²) >= 11 is 0. The van der Waals surface area contributed by atoms with Crippen LogP contribution in [0.1, 0.15) is 34.1 Å². The van der Waals surface area contributed by atoms with Gasteiger partial charge in [0.1, 0.15) is 6.10 Å². The molecule has 0 fully saturated rings. The number of hydrogen-bond donors (Lipinski definition) is 0. The van der Waals surface area contributed by atoms with E-state index in [-0.39, 0.29) is 6.10 Å². The minimum Gasteiger partial charge on any atom is -0.457 e. The third-order valence-electron chi connectivity index (χ3n) is 2.70. The van der Waals surface area contributed by atoms with Gasteiger partial charge in [0, 0.05) is 38.5 Å². The van der Waals surface area contributed by atoms with Crippen molar-refractivity contribution in [2.75, 3.05) is 33.0 Å². The molecule has 0 heterocycles. The number of rotatable bonds is 14. The molecule has 22 heavy (non-hydrogen) atoms. The van der Waals surface area contributed by atoms with Crippen molar-refractivity contribution in [2.24, 2.45) is 0 Å². The second kappa shape index (κ2) is 12.8. The monoisotopic (exact) mass is 334 g/mol. The van der Waals surface area contributed by atoms with Crippen LogP contribution in [0.15, 0.2) is 12.7 Å². The van der Waals surface area contributed by atoms with Gasteiger partial charge in [0.25, 0.3) is 0 Å². The third-order valence-corrected chi connectivity index (χ3v) is 5.85. The lowest BCUT2D eigenvalue weighted by Gasteiger charge is -2.28. The second-order valence-electron chi connectivity index (χ2n) is 4.61. The van der Waals surface area contributed by atoms with E-state index in [1.54, 1.807) is 6.92 Å². The molecule has 6 nitrogen and oxygen atoms in total. The minimum atomic E-state index is -2.58. The van der Waals surface area contributed by atoms with Gasteiger partial charge in [-0.15, -0.1) is 0 Å². The fraction of sp³-hybridized carbons (Fsp3) is 0.800. The molecule has 130 valence electrons. The van der Waals surface area contributed by atoms with Gasteiger partial charge in [-0.1, -0.05) is 6.58 Å². The van der Waals surface area contributed by atoms with Crippen molar-refractivity contribution in [3.63, 3.8) is 0 Å². The largest absolute Gasteiger partial charge is 0.501 e. The molecule has 7 heteroatoms. The van der Waals surface area contributed by atoms with E-state index < -0.39 is 14.8 Å². The van der Waals surface area contributed by atoms with Crippen LogP contribution < -0.4 is 0 Å². The van der Waals surface area contributed by atoms with Gasteiger partial charge in [0.2, 0.25) is 0 Å². The molecule has 0 bridgehead atoms.